The van der Waals surface area contributed by atoms with E-state index in [0.717, 1.165) is 53.0 Å². The SMILES string of the molecule is CC(C)(C)Cc1cc(O)c(-c2ccccc2)c(=O)[nH]1.CC(C)CCc1cc(O)c(-c2ccccc2)c(=O)[nH]1.O=c1[nH]c(CC2CCC(F)(F)CC2)cc(O)c1-c1ccccc1.O=c1[nH]c(CC2CCC2)cc(O)c1-c1ccccc1. The number of benzene rings is 4. The van der Waals surface area contributed by atoms with Gasteiger partial charge in [-0.15, -0.1) is 0 Å². The van der Waals surface area contributed by atoms with Crippen molar-refractivity contribution in [2.45, 2.75) is 118 Å². The van der Waals surface area contributed by atoms with Gasteiger partial charge in [0.15, 0.2) is 0 Å². The molecule has 2 fully saturated rings. The number of pyridine rings is 4. The highest BCUT2D eigenvalue weighted by molar-refractivity contribution is 5.71. The van der Waals surface area contributed by atoms with Crippen molar-refractivity contribution in [3.05, 3.63) is 210 Å². The van der Waals surface area contributed by atoms with Crippen LogP contribution in [0, 0.1) is 23.2 Å². The first kappa shape index (κ1) is 59.4. The minimum atomic E-state index is -2.55. The van der Waals surface area contributed by atoms with Crippen LogP contribution < -0.4 is 22.2 Å². The van der Waals surface area contributed by atoms with Gasteiger partial charge in [-0.25, -0.2) is 8.78 Å². The van der Waals surface area contributed by atoms with Crippen LogP contribution in [-0.2, 0) is 25.7 Å². The zero-order chi connectivity index (χ0) is 57.6. The summed E-state index contributed by atoms with van der Waals surface area (Å²) in [6, 6.07) is 43.2. The second kappa shape index (κ2) is 27.1. The molecule has 14 heteroatoms. The lowest BCUT2D eigenvalue weighted by Gasteiger charge is -2.28. The maximum Gasteiger partial charge on any atom is 0.259 e. The van der Waals surface area contributed by atoms with Crippen molar-refractivity contribution in [3.63, 3.8) is 0 Å². The first-order chi connectivity index (χ1) is 38.1. The van der Waals surface area contributed by atoms with E-state index < -0.39 is 5.92 Å². The molecule has 420 valence electrons. The summed E-state index contributed by atoms with van der Waals surface area (Å²) in [5, 5.41) is 40.5. The topological polar surface area (TPSA) is 212 Å². The summed E-state index contributed by atoms with van der Waals surface area (Å²) in [4.78, 5) is 60.0. The predicted molar refractivity (Wildman–Crippen MR) is 315 cm³/mol. The monoisotopic (exact) mass is 1090 g/mol. The van der Waals surface area contributed by atoms with Crippen LogP contribution in [0.1, 0.15) is 109 Å². The van der Waals surface area contributed by atoms with Gasteiger partial charge in [0, 0.05) is 59.9 Å². The first-order valence-electron chi connectivity index (χ1n) is 27.5. The fourth-order valence-electron chi connectivity index (χ4n) is 10.0. The van der Waals surface area contributed by atoms with Crippen molar-refractivity contribution < 1.29 is 29.2 Å². The maximum atomic E-state index is 13.2. The number of rotatable bonds is 12. The Morgan fingerprint density at radius 1 is 0.475 bits per heavy atom. The number of hydrogen-bond acceptors (Lipinski definition) is 8. The molecule has 0 atom stereocenters. The van der Waals surface area contributed by atoms with Crippen LogP contribution in [0.2, 0.25) is 0 Å². The third-order valence-corrected chi connectivity index (χ3v) is 14.3. The van der Waals surface area contributed by atoms with E-state index in [1.54, 1.807) is 42.5 Å². The van der Waals surface area contributed by atoms with Crippen molar-refractivity contribution in [2.24, 2.45) is 23.2 Å². The molecule has 0 saturated heterocycles. The van der Waals surface area contributed by atoms with Crippen molar-refractivity contribution in [1.29, 1.82) is 0 Å². The maximum absolute atomic E-state index is 13.2. The second-order valence-corrected chi connectivity index (χ2v) is 22.7. The van der Waals surface area contributed by atoms with Crippen LogP contribution in [0.4, 0.5) is 8.78 Å². The molecule has 2 aliphatic rings. The summed E-state index contributed by atoms with van der Waals surface area (Å²) < 4.78 is 26.4. The van der Waals surface area contributed by atoms with Gasteiger partial charge >= 0.3 is 0 Å². The number of aromatic hydroxyl groups is 4. The molecule has 10 rings (SSSR count). The van der Waals surface area contributed by atoms with E-state index in [1.807, 2.05) is 97.1 Å². The summed E-state index contributed by atoms with van der Waals surface area (Å²) >= 11 is 0. The number of aromatic nitrogens is 4. The molecule has 4 aromatic heterocycles. The van der Waals surface area contributed by atoms with Crippen molar-refractivity contribution in [3.8, 4) is 67.5 Å². The van der Waals surface area contributed by atoms with Crippen LogP contribution in [-0.4, -0.2) is 46.3 Å². The summed E-state index contributed by atoms with van der Waals surface area (Å²) in [7, 11) is 0. The summed E-state index contributed by atoms with van der Waals surface area (Å²) in [5.41, 5.74) is 6.13. The van der Waals surface area contributed by atoms with E-state index in [1.165, 1.54) is 25.3 Å². The second-order valence-electron chi connectivity index (χ2n) is 22.7. The number of alkyl halides is 2. The molecule has 0 bridgehead atoms. The molecule has 2 aliphatic carbocycles. The Morgan fingerprint density at radius 2 is 0.775 bits per heavy atom. The molecule has 4 aromatic carbocycles. The fourth-order valence-corrected chi connectivity index (χ4v) is 10.0. The van der Waals surface area contributed by atoms with Crippen molar-refractivity contribution in [2.75, 3.05) is 0 Å². The van der Waals surface area contributed by atoms with Gasteiger partial charge in [-0.05, 0) is 90.4 Å². The Kier molecular flexibility index (Phi) is 20.1. The molecule has 4 heterocycles. The summed E-state index contributed by atoms with van der Waals surface area (Å²) in [6.07, 6.45) is 8.25. The molecule has 80 heavy (non-hydrogen) atoms. The number of nitrogens with one attached hydrogen (secondary N) is 4. The van der Waals surface area contributed by atoms with Gasteiger partial charge in [-0.3, -0.25) is 19.2 Å². The molecular formula is C66H74F2N4O8. The van der Waals surface area contributed by atoms with E-state index >= 15 is 0 Å². The average Bonchev–Trinajstić information content (AvgIpc) is 3.38. The highest BCUT2D eigenvalue weighted by Crippen LogP contribution is 2.38. The molecule has 8 N–H and O–H groups in total. The molecular weight excluding hydrogens is 1010 g/mol. The number of aryl methyl sites for hydroxylation is 1. The van der Waals surface area contributed by atoms with Gasteiger partial charge in [0.05, 0.1) is 22.3 Å². The zero-order valence-corrected chi connectivity index (χ0v) is 46.3. The quantitative estimate of drug-likeness (QED) is 0.0588. The first-order valence-corrected chi connectivity index (χ1v) is 27.5. The molecule has 0 spiro atoms. The van der Waals surface area contributed by atoms with E-state index in [2.05, 4.69) is 54.6 Å². The van der Waals surface area contributed by atoms with Gasteiger partial charge in [-0.2, -0.15) is 0 Å². The molecule has 2 saturated carbocycles. The van der Waals surface area contributed by atoms with Crippen LogP contribution in [0.3, 0.4) is 0 Å². The Hall–Kier alpha value is -8.26. The van der Waals surface area contributed by atoms with Crippen LogP contribution in [0.15, 0.2) is 165 Å². The third kappa shape index (κ3) is 16.9. The van der Waals surface area contributed by atoms with Gasteiger partial charge in [0.25, 0.3) is 22.2 Å². The Labute approximate surface area is 465 Å². The largest absolute Gasteiger partial charge is 0.507 e. The summed E-state index contributed by atoms with van der Waals surface area (Å²) in [5.74, 6) is -1.11. The van der Waals surface area contributed by atoms with E-state index in [9.17, 15) is 48.4 Å². The lowest BCUT2D eigenvalue weighted by molar-refractivity contribution is -0.0457. The minimum Gasteiger partial charge on any atom is -0.507 e. The molecule has 0 unspecified atom stereocenters. The van der Waals surface area contributed by atoms with Crippen LogP contribution in [0.5, 0.6) is 23.0 Å². The molecule has 0 aliphatic heterocycles. The number of hydrogen-bond donors (Lipinski definition) is 8. The normalized spacial score (nSPS) is 14.1. The van der Waals surface area contributed by atoms with Crippen molar-refractivity contribution in [1.82, 2.24) is 19.9 Å². The zero-order valence-electron chi connectivity index (χ0n) is 46.3. The molecule has 12 nitrogen and oxygen atoms in total. The smallest absolute Gasteiger partial charge is 0.259 e. The number of halogens is 2. The Morgan fingerprint density at radius 3 is 1.07 bits per heavy atom. The van der Waals surface area contributed by atoms with Gasteiger partial charge in [0.1, 0.15) is 23.0 Å². The fraction of sp³-hybridized carbons (Fsp3) is 0.333. The number of H-pyrrole nitrogens is 4. The Bertz CT molecular complexity index is 3520. The average molecular weight is 1090 g/mol. The highest BCUT2D eigenvalue weighted by Gasteiger charge is 2.35. The standard InChI is InChI=1S/C18H19F2NO2.C16H17NO2.2C16H19NO2/c19-18(20)8-6-12(7-9-18)10-14-11-15(22)16(17(23)21-14)13-4-2-1-3-5-13;18-14-10-13(9-11-5-4-6-11)17-16(19)15(14)12-7-2-1-3-8-12;1-16(2,3)10-12-9-13(18)14(15(19)17-12)11-7-5-4-6-8-11;1-11(2)8-9-13-10-14(18)15(16(19)17-13)12-6-4-3-5-7-12/h1-5,11-12H,6-10H2,(H2,21,22,23);1-3,7-8,10-11H,4-6,9H2,(H2,17,18,19);4-9H,10H2,1-3H3,(H2,17,18,19);3-7,10-11H,8-9H2,1-2H3,(H2,17,18,19). The number of aromatic amines is 4. The summed E-state index contributed by atoms with van der Waals surface area (Å²) in [6.45, 7) is 10.5. The van der Waals surface area contributed by atoms with Crippen LogP contribution in [0.25, 0.3) is 44.5 Å². The lowest BCUT2D eigenvalue weighted by Crippen LogP contribution is -2.26. The predicted octanol–water partition coefficient (Wildman–Crippen LogP) is 13.9. The van der Waals surface area contributed by atoms with Gasteiger partial charge in [0.2, 0.25) is 5.92 Å². The van der Waals surface area contributed by atoms with E-state index in [0.29, 0.717) is 65.5 Å². The van der Waals surface area contributed by atoms with E-state index in [4.69, 9.17) is 0 Å². The molecule has 0 amide bonds. The molecule has 8 aromatic rings. The van der Waals surface area contributed by atoms with Crippen LogP contribution >= 0.6 is 0 Å². The molecule has 0 radical (unpaired) electrons. The third-order valence-electron chi connectivity index (χ3n) is 14.3. The van der Waals surface area contributed by atoms with Gasteiger partial charge < -0.3 is 40.4 Å². The minimum absolute atomic E-state index is 0.0363. The highest BCUT2D eigenvalue weighted by atomic mass is 19.3. The Balaban J connectivity index is 0.000000155. The van der Waals surface area contributed by atoms with Crippen molar-refractivity contribution >= 4 is 0 Å². The lowest BCUT2D eigenvalue weighted by atomic mass is 9.82. The van der Waals surface area contributed by atoms with Gasteiger partial charge in [-0.1, -0.05) is 175 Å². The van der Waals surface area contributed by atoms with E-state index in [-0.39, 0.29) is 75.0 Å².